The first-order chi connectivity index (χ1) is 10.2. The van der Waals surface area contributed by atoms with Gasteiger partial charge in [0.1, 0.15) is 0 Å². The van der Waals surface area contributed by atoms with E-state index in [1.165, 1.54) is 63.7 Å². The van der Waals surface area contributed by atoms with Gasteiger partial charge in [-0.25, -0.2) is 0 Å². The molecule has 0 radical (unpaired) electrons. The molecule has 2 heterocycles. The Morgan fingerprint density at radius 1 is 1.14 bits per heavy atom. The van der Waals surface area contributed by atoms with E-state index in [0.29, 0.717) is 5.41 Å². The second-order valence-corrected chi connectivity index (χ2v) is 7.00. The maximum Gasteiger partial charge on any atom is 0.0572 e. The summed E-state index contributed by atoms with van der Waals surface area (Å²) in [6.07, 6.45) is 13.0. The summed E-state index contributed by atoms with van der Waals surface area (Å²) >= 11 is 0. The van der Waals surface area contributed by atoms with Crippen molar-refractivity contribution < 1.29 is 0 Å². The number of rotatable bonds is 3. The summed E-state index contributed by atoms with van der Waals surface area (Å²) in [5.74, 6) is 0. The summed E-state index contributed by atoms with van der Waals surface area (Å²) in [4.78, 5) is 7.07. The van der Waals surface area contributed by atoms with Gasteiger partial charge in [0.05, 0.1) is 17.6 Å². The number of hydrogen-bond donors (Lipinski definition) is 1. The van der Waals surface area contributed by atoms with Crippen LogP contribution < -0.4 is 10.6 Å². The molecule has 2 aliphatic rings. The molecular formula is C18H29N3. The van der Waals surface area contributed by atoms with Crippen molar-refractivity contribution in [3.63, 3.8) is 0 Å². The number of pyridine rings is 1. The van der Waals surface area contributed by atoms with Crippen LogP contribution in [0.4, 0.5) is 5.69 Å². The predicted octanol–water partition coefficient (Wildman–Crippen LogP) is 4.04. The van der Waals surface area contributed by atoms with E-state index in [0.717, 1.165) is 12.1 Å². The molecule has 2 N–H and O–H groups in total. The van der Waals surface area contributed by atoms with Gasteiger partial charge in [0.2, 0.25) is 0 Å². The van der Waals surface area contributed by atoms with Gasteiger partial charge in [0.25, 0.3) is 0 Å². The highest BCUT2D eigenvalue weighted by atomic mass is 15.1. The summed E-state index contributed by atoms with van der Waals surface area (Å²) in [6.45, 7) is 4.50. The summed E-state index contributed by atoms with van der Waals surface area (Å²) in [5.41, 5.74) is 9.00. The van der Waals surface area contributed by atoms with E-state index in [1.54, 1.807) is 0 Å². The Kier molecular flexibility index (Phi) is 4.48. The van der Waals surface area contributed by atoms with Gasteiger partial charge < -0.3 is 10.6 Å². The van der Waals surface area contributed by atoms with Crippen molar-refractivity contribution in [2.24, 2.45) is 11.1 Å². The lowest BCUT2D eigenvalue weighted by molar-refractivity contribution is 0.144. The zero-order chi connectivity index (χ0) is 14.7. The molecule has 1 atom stereocenters. The topological polar surface area (TPSA) is 42.1 Å². The quantitative estimate of drug-likeness (QED) is 0.912. The molecule has 3 nitrogen and oxygen atoms in total. The maximum absolute atomic E-state index is 6.04. The molecule has 1 aliphatic heterocycles. The molecule has 21 heavy (non-hydrogen) atoms. The minimum Gasteiger partial charge on any atom is -0.370 e. The van der Waals surface area contributed by atoms with E-state index in [4.69, 9.17) is 5.73 Å². The van der Waals surface area contributed by atoms with Crippen LogP contribution in [0.25, 0.3) is 0 Å². The highest BCUT2D eigenvalue weighted by Crippen LogP contribution is 2.45. The molecule has 1 aromatic heterocycles. The Morgan fingerprint density at radius 3 is 2.43 bits per heavy atom. The first-order valence-electron chi connectivity index (χ1n) is 8.69. The molecule has 1 spiro atoms. The van der Waals surface area contributed by atoms with Crippen molar-refractivity contribution in [1.82, 2.24) is 4.98 Å². The van der Waals surface area contributed by atoms with E-state index in [2.05, 4.69) is 28.9 Å². The van der Waals surface area contributed by atoms with Crippen LogP contribution in [0.1, 0.15) is 70.0 Å². The van der Waals surface area contributed by atoms with Crippen LogP contribution in [0.3, 0.4) is 0 Å². The largest absolute Gasteiger partial charge is 0.370 e. The summed E-state index contributed by atoms with van der Waals surface area (Å²) in [6, 6.07) is 4.39. The highest BCUT2D eigenvalue weighted by molar-refractivity contribution is 5.45. The molecule has 0 aromatic carbocycles. The van der Waals surface area contributed by atoms with Gasteiger partial charge in [-0.05, 0) is 49.7 Å². The molecule has 1 saturated heterocycles. The van der Waals surface area contributed by atoms with E-state index < -0.39 is 0 Å². The monoisotopic (exact) mass is 287 g/mol. The number of aromatic nitrogens is 1. The van der Waals surface area contributed by atoms with E-state index in [-0.39, 0.29) is 6.04 Å². The lowest BCUT2D eigenvalue weighted by atomic mass is 9.68. The van der Waals surface area contributed by atoms with Crippen LogP contribution in [0, 0.1) is 5.41 Å². The number of hydrogen-bond acceptors (Lipinski definition) is 3. The zero-order valence-electron chi connectivity index (χ0n) is 13.4. The van der Waals surface area contributed by atoms with Crippen LogP contribution in [0.5, 0.6) is 0 Å². The van der Waals surface area contributed by atoms with E-state index >= 15 is 0 Å². The van der Waals surface area contributed by atoms with Gasteiger partial charge in [-0.3, -0.25) is 4.98 Å². The average molecular weight is 287 g/mol. The molecule has 116 valence electrons. The number of nitrogens with two attached hydrogens (primary N) is 1. The Balaban J connectivity index is 1.61. The predicted molar refractivity (Wildman–Crippen MR) is 88.4 cm³/mol. The first-order valence-corrected chi connectivity index (χ1v) is 8.69. The number of piperidine rings is 1. The van der Waals surface area contributed by atoms with Crippen molar-refractivity contribution in [3.8, 4) is 0 Å². The lowest BCUT2D eigenvalue weighted by Crippen LogP contribution is -2.41. The lowest BCUT2D eigenvalue weighted by Gasteiger charge is -2.45. The third-order valence-corrected chi connectivity index (χ3v) is 5.69. The molecule has 2 fully saturated rings. The summed E-state index contributed by atoms with van der Waals surface area (Å²) in [7, 11) is 0. The summed E-state index contributed by atoms with van der Waals surface area (Å²) < 4.78 is 0. The fourth-order valence-corrected chi connectivity index (χ4v) is 4.05. The fourth-order valence-electron chi connectivity index (χ4n) is 4.05. The van der Waals surface area contributed by atoms with Gasteiger partial charge in [0, 0.05) is 19.1 Å². The van der Waals surface area contributed by atoms with Crippen molar-refractivity contribution in [1.29, 1.82) is 0 Å². The molecule has 1 aromatic rings. The zero-order valence-corrected chi connectivity index (χ0v) is 13.4. The molecule has 3 heteroatoms. The normalized spacial score (nSPS) is 23.2. The van der Waals surface area contributed by atoms with Crippen molar-refractivity contribution in [3.05, 3.63) is 24.0 Å². The molecule has 1 aliphatic carbocycles. The second-order valence-electron chi connectivity index (χ2n) is 7.00. The van der Waals surface area contributed by atoms with Crippen LogP contribution >= 0.6 is 0 Å². The molecule has 1 unspecified atom stereocenters. The highest BCUT2D eigenvalue weighted by Gasteiger charge is 2.35. The fraction of sp³-hybridized carbons (Fsp3) is 0.722. The Labute approximate surface area is 128 Å². The third-order valence-electron chi connectivity index (χ3n) is 5.69. The molecule has 0 amide bonds. The molecule has 3 rings (SSSR count). The number of anilines is 1. The Morgan fingerprint density at radius 2 is 1.86 bits per heavy atom. The third kappa shape index (κ3) is 3.23. The van der Waals surface area contributed by atoms with Crippen LogP contribution in [0.2, 0.25) is 0 Å². The minimum absolute atomic E-state index is 0.0749. The van der Waals surface area contributed by atoms with Crippen LogP contribution in [0.15, 0.2) is 18.3 Å². The van der Waals surface area contributed by atoms with Gasteiger partial charge in [-0.2, -0.15) is 0 Å². The van der Waals surface area contributed by atoms with E-state index in [9.17, 15) is 0 Å². The number of nitrogens with zero attached hydrogens (tertiary/aromatic N) is 2. The summed E-state index contributed by atoms with van der Waals surface area (Å²) in [5, 5.41) is 0. The van der Waals surface area contributed by atoms with Crippen LogP contribution in [-0.2, 0) is 0 Å². The Hall–Kier alpha value is -1.09. The van der Waals surface area contributed by atoms with Crippen molar-refractivity contribution >= 4 is 5.69 Å². The van der Waals surface area contributed by atoms with Crippen molar-refractivity contribution in [2.75, 3.05) is 18.0 Å². The molecular weight excluding hydrogens is 258 g/mol. The smallest absolute Gasteiger partial charge is 0.0572 e. The van der Waals surface area contributed by atoms with Crippen molar-refractivity contribution in [2.45, 2.75) is 64.3 Å². The standard InChI is InChI=1S/C18H29N3/c1-2-16(19)17-7-6-15(14-20-17)21-12-10-18(11-13-21)8-4-3-5-9-18/h6-7,14,16H,2-5,8-13,19H2,1H3. The van der Waals surface area contributed by atoms with Gasteiger partial charge in [0.15, 0.2) is 0 Å². The van der Waals surface area contributed by atoms with Gasteiger partial charge >= 0.3 is 0 Å². The maximum atomic E-state index is 6.04. The SMILES string of the molecule is CCC(N)c1ccc(N2CCC3(CCCCC3)CC2)cn1. The Bertz CT molecular complexity index is 438. The van der Waals surface area contributed by atoms with E-state index in [1.807, 2.05) is 6.20 Å². The van der Waals surface area contributed by atoms with Gasteiger partial charge in [-0.1, -0.05) is 26.2 Å². The second kappa shape index (κ2) is 6.35. The molecule has 1 saturated carbocycles. The minimum atomic E-state index is 0.0749. The average Bonchev–Trinajstić information content (AvgIpc) is 2.56. The van der Waals surface area contributed by atoms with Crippen LogP contribution in [-0.4, -0.2) is 18.1 Å². The van der Waals surface area contributed by atoms with Gasteiger partial charge in [-0.15, -0.1) is 0 Å². The first kappa shape index (κ1) is 14.8. The molecule has 0 bridgehead atoms.